The fraction of sp³-hybridized carbons (Fsp3) is 0.727. The van der Waals surface area contributed by atoms with Gasteiger partial charge >= 0.3 is 5.97 Å². The van der Waals surface area contributed by atoms with Crippen LogP contribution in [0.1, 0.15) is 32.1 Å². The Balaban J connectivity index is 1.85. The fourth-order valence-electron chi connectivity index (χ4n) is 2.28. The van der Waals surface area contributed by atoms with Crippen molar-refractivity contribution in [3.05, 3.63) is 0 Å². The molecule has 0 aromatic rings. The maximum absolute atomic E-state index is 11.8. The van der Waals surface area contributed by atoms with Gasteiger partial charge < -0.3 is 15.7 Å². The van der Waals surface area contributed by atoms with Gasteiger partial charge in [-0.05, 0) is 19.3 Å². The van der Waals surface area contributed by atoms with Crippen LogP contribution in [0.3, 0.4) is 0 Å². The summed E-state index contributed by atoms with van der Waals surface area (Å²) in [6.07, 6.45) is 2.76. The number of carbonyl (C=O) groups excluding carboxylic acids is 2. The molecule has 6 heteroatoms. The Labute approximate surface area is 98.8 Å². The Morgan fingerprint density at radius 1 is 1.47 bits per heavy atom. The van der Waals surface area contributed by atoms with Crippen molar-refractivity contribution in [2.24, 2.45) is 5.41 Å². The zero-order chi connectivity index (χ0) is 12.5. The molecule has 0 aromatic heterocycles. The normalized spacial score (nSPS) is 25.9. The SMILES string of the molecule is O=C1CCC(CNC(=O)C2(C(=O)O)CCC2)N1. The summed E-state index contributed by atoms with van der Waals surface area (Å²) < 4.78 is 0. The third-order valence-corrected chi connectivity index (χ3v) is 3.65. The zero-order valence-corrected chi connectivity index (χ0v) is 9.49. The van der Waals surface area contributed by atoms with Crippen molar-refractivity contribution in [3.63, 3.8) is 0 Å². The monoisotopic (exact) mass is 240 g/mol. The summed E-state index contributed by atoms with van der Waals surface area (Å²) in [5.41, 5.74) is -1.22. The van der Waals surface area contributed by atoms with Crippen LogP contribution >= 0.6 is 0 Å². The molecule has 0 bridgehead atoms. The van der Waals surface area contributed by atoms with Crippen LogP contribution in [0.2, 0.25) is 0 Å². The quantitative estimate of drug-likeness (QED) is 0.584. The van der Waals surface area contributed by atoms with Crippen molar-refractivity contribution in [2.75, 3.05) is 6.54 Å². The van der Waals surface area contributed by atoms with E-state index in [-0.39, 0.29) is 11.9 Å². The molecule has 94 valence electrons. The van der Waals surface area contributed by atoms with E-state index in [2.05, 4.69) is 10.6 Å². The van der Waals surface area contributed by atoms with Gasteiger partial charge in [0.15, 0.2) is 0 Å². The number of hydrogen-bond acceptors (Lipinski definition) is 3. The summed E-state index contributed by atoms with van der Waals surface area (Å²) in [5.74, 6) is -1.48. The lowest BCUT2D eigenvalue weighted by Gasteiger charge is -2.36. The van der Waals surface area contributed by atoms with Gasteiger partial charge in [-0.1, -0.05) is 6.42 Å². The molecule has 6 nitrogen and oxygen atoms in total. The molecule has 1 unspecified atom stereocenters. The molecule has 2 aliphatic rings. The van der Waals surface area contributed by atoms with E-state index < -0.39 is 17.3 Å². The first kappa shape index (κ1) is 11.9. The van der Waals surface area contributed by atoms with Gasteiger partial charge in [-0.3, -0.25) is 14.4 Å². The summed E-state index contributed by atoms with van der Waals surface area (Å²) in [6, 6.07) is -0.0580. The van der Waals surface area contributed by atoms with Gasteiger partial charge in [-0.25, -0.2) is 0 Å². The Morgan fingerprint density at radius 3 is 2.59 bits per heavy atom. The molecule has 1 atom stereocenters. The molecule has 1 aliphatic heterocycles. The van der Waals surface area contributed by atoms with E-state index in [0.29, 0.717) is 32.2 Å². The summed E-state index contributed by atoms with van der Waals surface area (Å²) in [5, 5.41) is 14.4. The average molecular weight is 240 g/mol. The third kappa shape index (κ3) is 2.11. The van der Waals surface area contributed by atoms with Gasteiger partial charge in [0.05, 0.1) is 0 Å². The van der Waals surface area contributed by atoms with E-state index in [9.17, 15) is 14.4 Å². The van der Waals surface area contributed by atoms with E-state index in [1.54, 1.807) is 0 Å². The summed E-state index contributed by atoms with van der Waals surface area (Å²) in [4.78, 5) is 33.8. The topological polar surface area (TPSA) is 95.5 Å². The minimum absolute atomic E-state index is 0.0131. The Kier molecular flexibility index (Phi) is 3.04. The lowest BCUT2D eigenvalue weighted by atomic mass is 9.68. The largest absolute Gasteiger partial charge is 0.480 e. The summed E-state index contributed by atoms with van der Waals surface area (Å²) in [6.45, 7) is 0.319. The van der Waals surface area contributed by atoms with Crippen LogP contribution in [0.25, 0.3) is 0 Å². The molecular formula is C11H16N2O4. The predicted molar refractivity (Wildman–Crippen MR) is 58.1 cm³/mol. The van der Waals surface area contributed by atoms with Gasteiger partial charge in [-0.2, -0.15) is 0 Å². The number of aliphatic carboxylic acids is 1. The van der Waals surface area contributed by atoms with Crippen molar-refractivity contribution in [1.29, 1.82) is 0 Å². The Hall–Kier alpha value is -1.59. The number of carboxylic acids is 1. The van der Waals surface area contributed by atoms with Crippen molar-refractivity contribution >= 4 is 17.8 Å². The molecule has 1 saturated heterocycles. The highest BCUT2D eigenvalue weighted by Gasteiger charge is 2.51. The van der Waals surface area contributed by atoms with Gasteiger partial charge in [0, 0.05) is 19.0 Å². The zero-order valence-electron chi connectivity index (χ0n) is 9.49. The lowest BCUT2D eigenvalue weighted by molar-refractivity contribution is -0.162. The highest BCUT2D eigenvalue weighted by molar-refractivity contribution is 6.02. The third-order valence-electron chi connectivity index (χ3n) is 3.65. The van der Waals surface area contributed by atoms with Crippen LogP contribution in [-0.4, -0.2) is 35.5 Å². The second kappa shape index (κ2) is 4.35. The van der Waals surface area contributed by atoms with Crippen LogP contribution in [0.4, 0.5) is 0 Å². The standard InChI is InChI=1S/C11H16N2O4/c14-8-3-2-7(13-8)6-12-9(15)11(10(16)17)4-1-5-11/h7H,1-6H2,(H,12,15)(H,13,14)(H,16,17). The molecule has 1 aliphatic carbocycles. The maximum Gasteiger partial charge on any atom is 0.319 e. The number of carboxylic acid groups (broad SMARTS) is 1. The van der Waals surface area contributed by atoms with Gasteiger partial charge in [0.1, 0.15) is 5.41 Å². The molecule has 2 fully saturated rings. The second-order valence-electron chi connectivity index (χ2n) is 4.75. The first-order valence-electron chi connectivity index (χ1n) is 5.86. The molecule has 17 heavy (non-hydrogen) atoms. The number of carbonyl (C=O) groups is 3. The highest BCUT2D eigenvalue weighted by atomic mass is 16.4. The number of nitrogens with one attached hydrogen (secondary N) is 2. The molecule has 1 saturated carbocycles. The van der Waals surface area contributed by atoms with Gasteiger partial charge in [0.2, 0.25) is 11.8 Å². The minimum atomic E-state index is -1.22. The van der Waals surface area contributed by atoms with Crippen molar-refractivity contribution in [2.45, 2.75) is 38.1 Å². The van der Waals surface area contributed by atoms with Crippen LogP contribution < -0.4 is 10.6 Å². The van der Waals surface area contributed by atoms with Crippen LogP contribution in [-0.2, 0) is 14.4 Å². The molecular weight excluding hydrogens is 224 g/mol. The van der Waals surface area contributed by atoms with Crippen LogP contribution in [0.15, 0.2) is 0 Å². The van der Waals surface area contributed by atoms with Crippen molar-refractivity contribution in [3.8, 4) is 0 Å². The van der Waals surface area contributed by atoms with Gasteiger partial charge in [-0.15, -0.1) is 0 Å². The fourth-order valence-corrected chi connectivity index (χ4v) is 2.28. The minimum Gasteiger partial charge on any atom is -0.480 e. The summed E-state index contributed by atoms with van der Waals surface area (Å²) in [7, 11) is 0. The highest BCUT2D eigenvalue weighted by Crippen LogP contribution is 2.41. The molecule has 0 radical (unpaired) electrons. The van der Waals surface area contributed by atoms with Gasteiger partial charge in [0.25, 0.3) is 0 Å². The number of rotatable bonds is 4. The molecule has 2 amide bonds. The molecule has 0 spiro atoms. The number of amides is 2. The van der Waals surface area contributed by atoms with E-state index >= 15 is 0 Å². The first-order valence-corrected chi connectivity index (χ1v) is 5.86. The smallest absolute Gasteiger partial charge is 0.319 e. The first-order chi connectivity index (χ1) is 8.04. The Morgan fingerprint density at radius 2 is 2.18 bits per heavy atom. The van der Waals surface area contributed by atoms with Crippen molar-refractivity contribution < 1.29 is 19.5 Å². The predicted octanol–water partition coefficient (Wildman–Crippen LogP) is -0.364. The average Bonchev–Trinajstić information content (AvgIpc) is 2.59. The molecule has 3 N–H and O–H groups in total. The molecule has 0 aromatic carbocycles. The van der Waals surface area contributed by atoms with E-state index in [1.807, 2.05) is 0 Å². The summed E-state index contributed by atoms with van der Waals surface area (Å²) >= 11 is 0. The maximum atomic E-state index is 11.8. The van der Waals surface area contributed by atoms with E-state index in [1.165, 1.54) is 0 Å². The van der Waals surface area contributed by atoms with Crippen LogP contribution in [0.5, 0.6) is 0 Å². The second-order valence-corrected chi connectivity index (χ2v) is 4.75. The van der Waals surface area contributed by atoms with E-state index in [0.717, 1.165) is 6.42 Å². The van der Waals surface area contributed by atoms with E-state index in [4.69, 9.17) is 5.11 Å². The Bertz CT molecular complexity index is 362. The van der Waals surface area contributed by atoms with Crippen molar-refractivity contribution in [1.82, 2.24) is 10.6 Å². The number of hydrogen-bond donors (Lipinski definition) is 3. The van der Waals surface area contributed by atoms with Crippen LogP contribution in [0, 0.1) is 5.41 Å². The lowest BCUT2D eigenvalue weighted by Crippen LogP contribution is -2.53. The molecule has 1 heterocycles. The molecule has 2 rings (SSSR count).